The van der Waals surface area contributed by atoms with Gasteiger partial charge in [-0.2, -0.15) is 0 Å². The predicted octanol–water partition coefficient (Wildman–Crippen LogP) is 1.89. The zero-order valence-corrected chi connectivity index (χ0v) is 12.1. The molecule has 0 radical (unpaired) electrons. The zero-order chi connectivity index (χ0) is 15.0. The standard InChI is InChI=1S/C15H24N2O3/c1-3-4-5-15(20)17-14-7-6-12(8-11(14)2)16-9-13(19)10-18/h6-8,13,16,18-19H,3-5,9-10H2,1-2H3,(H,17,20). The monoisotopic (exact) mass is 280 g/mol. The highest BCUT2D eigenvalue weighted by atomic mass is 16.3. The Balaban J connectivity index is 2.57. The molecule has 4 N–H and O–H groups in total. The molecule has 20 heavy (non-hydrogen) atoms. The molecule has 0 saturated carbocycles. The lowest BCUT2D eigenvalue weighted by Gasteiger charge is -2.13. The largest absolute Gasteiger partial charge is 0.394 e. The van der Waals surface area contributed by atoms with Crippen molar-refractivity contribution < 1.29 is 15.0 Å². The summed E-state index contributed by atoms with van der Waals surface area (Å²) < 4.78 is 0. The quantitative estimate of drug-likeness (QED) is 0.586. The van der Waals surface area contributed by atoms with Crippen LogP contribution in [-0.2, 0) is 4.79 Å². The summed E-state index contributed by atoms with van der Waals surface area (Å²) in [4.78, 5) is 11.7. The van der Waals surface area contributed by atoms with E-state index in [2.05, 4.69) is 17.6 Å². The van der Waals surface area contributed by atoms with Crippen LogP contribution in [0.25, 0.3) is 0 Å². The maximum Gasteiger partial charge on any atom is 0.224 e. The average Bonchev–Trinajstić information content (AvgIpc) is 2.45. The number of amides is 1. The highest BCUT2D eigenvalue weighted by Gasteiger charge is 2.06. The highest BCUT2D eigenvalue weighted by Crippen LogP contribution is 2.20. The van der Waals surface area contributed by atoms with Gasteiger partial charge in [-0.3, -0.25) is 4.79 Å². The van der Waals surface area contributed by atoms with E-state index in [0.29, 0.717) is 6.42 Å². The van der Waals surface area contributed by atoms with Gasteiger partial charge < -0.3 is 20.8 Å². The zero-order valence-electron chi connectivity index (χ0n) is 12.1. The van der Waals surface area contributed by atoms with Gasteiger partial charge in [0.05, 0.1) is 12.7 Å². The summed E-state index contributed by atoms with van der Waals surface area (Å²) in [5.74, 6) is 0.0337. The van der Waals surface area contributed by atoms with Crippen LogP contribution >= 0.6 is 0 Å². The minimum atomic E-state index is -0.774. The summed E-state index contributed by atoms with van der Waals surface area (Å²) in [7, 11) is 0. The molecule has 1 aromatic carbocycles. The van der Waals surface area contributed by atoms with Crippen molar-refractivity contribution in [1.29, 1.82) is 0 Å². The number of benzene rings is 1. The number of unbranched alkanes of at least 4 members (excludes halogenated alkanes) is 1. The molecule has 5 nitrogen and oxygen atoms in total. The summed E-state index contributed by atoms with van der Waals surface area (Å²) in [5, 5.41) is 23.9. The smallest absolute Gasteiger partial charge is 0.224 e. The third-order valence-corrected chi connectivity index (χ3v) is 3.01. The summed E-state index contributed by atoms with van der Waals surface area (Å²) in [5.41, 5.74) is 2.61. The lowest BCUT2D eigenvalue weighted by molar-refractivity contribution is -0.116. The van der Waals surface area contributed by atoms with E-state index in [-0.39, 0.29) is 19.1 Å². The topological polar surface area (TPSA) is 81.6 Å². The molecule has 0 aromatic heterocycles. The second-order valence-corrected chi connectivity index (χ2v) is 4.90. The molecule has 0 heterocycles. The van der Waals surface area contributed by atoms with Crippen LogP contribution in [-0.4, -0.2) is 35.4 Å². The second kappa shape index (κ2) is 8.55. The number of anilines is 2. The minimum Gasteiger partial charge on any atom is -0.394 e. The molecule has 0 aliphatic heterocycles. The van der Waals surface area contributed by atoms with Crippen molar-refractivity contribution in [3.8, 4) is 0 Å². The number of aryl methyl sites for hydroxylation is 1. The Morgan fingerprint density at radius 1 is 1.40 bits per heavy atom. The van der Waals surface area contributed by atoms with Crippen LogP contribution in [0.5, 0.6) is 0 Å². The van der Waals surface area contributed by atoms with Gasteiger partial charge in [-0.15, -0.1) is 0 Å². The number of hydrogen-bond acceptors (Lipinski definition) is 4. The molecular weight excluding hydrogens is 256 g/mol. The van der Waals surface area contributed by atoms with E-state index in [1.165, 1.54) is 0 Å². The van der Waals surface area contributed by atoms with Gasteiger partial charge in [-0.25, -0.2) is 0 Å². The van der Waals surface area contributed by atoms with Crippen LogP contribution in [0.1, 0.15) is 31.7 Å². The molecule has 0 bridgehead atoms. The fourth-order valence-corrected chi connectivity index (χ4v) is 1.76. The van der Waals surface area contributed by atoms with E-state index in [4.69, 9.17) is 5.11 Å². The lowest BCUT2D eigenvalue weighted by Crippen LogP contribution is -2.23. The van der Waals surface area contributed by atoms with Gasteiger partial charge in [0.15, 0.2) is 0 Å². The Morgan fingerprint density at radius 3 is 2.75 bits per heavy atom. The van der Waals surface area contributed by atoms with Crippen molar-refractivity contribution in [3.05, 3.63) is 23.8 Å². The summed E-state index contributed by atoms with van der Waals surface area (Å²) in [6, 6.07) is 5.58. The highest BCUT2D eigenvalue weighted by molar-refractivity contribution is 5.91. The number of carbonyl (C=O) groups excluding carboxylic acids is 1. The third-order valence-electron chi connectivity index (χ3n) is 3.01. The van der Waals surface area contributed by atoms with Crippen molar-refractivity contribution in [1.82, 2.24) is 0 Å². The average molecular weight is 280 g/mol. The van der Waals surface area contributed by atoms with Crippen molar-refractivity contribution in [2.45, 2.75) is 39.2 Å². The Kier molecular flexibility index (Phi) is 7.04. The van der Waals surface area contributed by atoms with E-state index in [0.717, 1.165) is 29.8 Å². The van der Waals surface area contributed by atoms with E-state index in [9.17, 15) is 9.90 Å². The molecular formula is C15H24N2O3. The number of hydrogen-bond donors (Lipinski definition) is 4. The SMILES string of the molecule is CCCCC(=O)Nc1ccc(NCC(O)CO)cc1C. The van der Waals surface area contributed by atoms with Crippen LogP contribution in [0, 0.1) is 6.92 Å². The molecule has 112 valence electrons. The summed E-state index contributed by atoms with van der Waals surface area (Å²) in [6.45, 7) is 4.00. The molecule has 1 unspecified atom stereocenters. The molecule has 1 atom stereocenters. The maximum atomic E-state index is 11.7. The lowest BCUT2D eigenvalue weighted by atomic mass is 10.1. The normalized spacial score (nSPS) is 12.0. The molecule has 5 heteroatoms. The van der Waals surface area contributed by atoms with Crippen molar-refractivity contribution in [3.63, 3.8) is 0 Å². The van der Waals surface area contributed by atoms with Gasteiger partial charge in [0.1, 0.15) is 0 Å². The van der Waals surface area contributed by atoms with E-state index in [1.807, 2.05) is 25.1 Å². The Hall–Kier alpha value is -1.59. The fourth-order valence-electron chi connectivity index (χ4n) is 1.76. The third kappa shape index (κ3) is 5.59. The molecule has 1 rings (SSSR count). The number of carbonyl (C=O) groups is 1. The van der Waals surface area contributed by atoms with E-state index < -0.39 is 6.10 Å². The molecule has 1 aromatic rings. The first-order chi connectivity index (χ1) is 9.56. The van der Waals surface area contributed by atoms with Crippen LogP contribution in [0.4, 0.5) is 11.4 Å². The van der Waals surface area contributed by atoms with E-state index >= 15 is 0 Å². The van der Waals surface area contributed by atoms with Crippen LogP contribution in [0.15, 0.2) is 18.2 Å². The Labute approximate surface area is 120 Å². The molecule has 1 amide bonds. The number of nitrogens with one attached hydrogen (secondary N) is 2. The van der Waals surface area contributed by atoms with Crippen molar-refractivity contribution in [2.75, 3.05) is 23.8 Å². The van der Waals surface area contributed by atoms with Gasteiger partial charge in [-0.1, -0.05) is 13.3 Å². The first kappa shape index (κ1) is 16.5. The molecule has 0 aliphatic rings. The van der Waals surface area contributed by atoms with Crippen molar-refractivity contribution >= 4 is 17.3 Å². The summed E-state index contributed by atoms with van der Waals surface area (Å²) in [6.07, 6.45) is 1.66. The number of aliphatic hydroxyl groups excluding tert-OH is 2. The van der Waals surface area contributed by atoms with Crippen molar-refractivity contribution in [2.24, 2.45) is 0 Å². The molecule has 0 fully saturated rings. The number of aliphatic hydroxyl groups is 2. The van der Waals surface area contributed by atoms with Crippen LogP contribution in [0.2, 0.25) is 0 Å². The summed E-state index contributed by atoms with van der Waals surface area (Å²) >= 11 is 0. The maximum absolute atomic E-state index is 11.7. The van der Waals surface area contributed by atoms with Gasteiger partial charge in [0.2, 0.25) is 5.91 Å². The van der Waals surface area contributed by atoms with Gasteiger partial charge in [-0.05, 0) is 37.1 Å². The Bertz CT molecular complexity index is 435. The van der Waals surface area contributed by atoms with Gasteiger partial charge in [0, 0.05) is 24.3 Å². The van der Waals surface area contributed by atoms with Crippen LogP contribution in [0.3, 0.4) is 0 Å². The first-order valence-electron chi connectivity index (χ1n) is 7.00. The first-order valence-corrected chi connectivity index (χ1v) is 7.00. The fraction of sp³-hybridized carbons (Fsp3) is 0.533. The second-order valence-electron chi connectivity index (χ2n) is 4.90. The predicted molar refractivity (Wildman–Crippen MR) is 80.9 cm³/mol. The molecule has 0 spiro atoms. The number of rotatable bonds is 8. The van der Waals surface area contributed by atoms with Crippen LogP contribution < -0.4 is 10.6 Å². The van der Waals surface area contributed by atoms with Gasteiger partial charge >= 0.3 is 0 Å². The molecule has 0 saturated heterocycles. The minimum absolute atomic E-state index is 0.0337. The van der Waals surface area contributed by atoms with E-state index in [1.54, 1.807) is 0 Å². The Morgan fingerprint density at radius 2 is 2.15 bits per heavy atom. The molecule has 0 aliphatic carbocycles. The van der Waals surface area contributed by atoms with Gasteiger partial charge in [0.25, 0.3) is 0 Å².